The largest absolute Gasteiger partial charge is 0.444 e. The highest BCUT2D eigenvalue weighted by molar-refractivity contribution is 6.00. The molecule has 5 N–H and O–H groups in total. The zero-order valence-corrected chi connectivity index (χ0v) is 39.6. The van der Waals surface area contributed by atoms with Gasteiger partial charge in [-0.25, -0.2) is 19.2 Å². The molecule has 19 heteroatoms. The quantitative estimate of drug-likeness (QED) is 0.132. The van der Waals surface area contributed by atoms with Gasteiger partial charge in [-0.15, -0.1) is 0 Å². The molecule has 0 spiro atoms. The third-order valence-corrected chi connectivity index (χ3v) is 9.17. The maximum Gasteiger partial charge on any atom is 0.410 e. The highest BCUT2D eigenvalue weighted by Crippen LogP contribution is 2.25. The number of carbonyl (C=O) groups excluding carboxylic acids is 7. The minimum atomic E-state index is -1.55. The van der Waals surface area contributed by atoms with E-state index in [-0.39, 0.29) is 38.5 Å². The summed E-state index contributed by atoms with van der Waals surface area (Å²) in [5, 5.41) is 14.2. The highest BCUT2D eigenvalue weighted by Gasteiger charge is 2.35. The number of hydrogen-bond donors (Lipinski definition) is 5. The van der Waals surface area contributed by atoms with Crippen molar-refractivity contribution in [2.75, 3.05) is 44.6 Å². The Labute approximate surface area is 376 Å². The number of nitrogens with one attached hydrogen (secondary N) is 5. The molecule has 19 nitrogen and oxygen atoms in total. The first-order valence-corrected chi connectivity index (χ1v) is 21.7. The predicted molar refractivity (Wildman–Crippen MR) is 240 cm³/mol. The number of rotatable bonds is 15. The molecule has 0 radical (unpaired) electrons. The third-order valence-electron chi connectivity index (χ3n) is 9.17. The van der Waals surface area contributed by atoms with Crippen LogP contribution in [-0.4, -0.2) is 131 Å². The molecule has 356 valence electrons. The molecule has 1 aromatic carbocycles. The van der Waals surface area contributed by atoms with Crippen LogP contribution in [-0.2, 0) is 33.3 Å². The standard InChI is InChI=1S/C45H70N8O11/c1-42(2,3)61-38(57)46-19-23-52(24-20-47-39(58)62-43(4,5)6)35(54)27-34(51-40(59)63-44(7,8)9)37(56)50-33(25-29-17-21-53(22-18-29)41(60)64-45(10,11)12)36(55)49-31-26-30-15-13-14-16-32(30)48-28-31/h13-16,26,28-29,33-34H,17-25,27H2,1-12H3,(H,46,57)(H,47,58)(H,49,55)(H,50,56)(H,51,59)/t33-,34-/m0/s1. The van der Waals surface area contributed by atoms with Crippen molar-refractivity contribution in [1.82, 2.24) is 36.1 Å². The molecule has 0 aliphatic carbocycles. The van der Waals surface area contributed by atoms with E-state index in [2.05, 4.69) is 31.6 Å². The number of benzene rings is 1. The smallest absolute Gasteiger partial charge is 0.410 e. The summed E-state index contributed by atoms with van der Waals surface area (Å²) in [4.78, 5) is 101. The van der Waals surface area contributed by atoms with Crippen molar-refractivity contribution in [3.63, 3.8) is 0 Å². The van der Waals surface area contributed by atoms with Gasteiger partial charge in [0.2, 0.25) is 17.7 Å². The van der Waals surface area contributed by atoms with Crippen LogP contribution < -0.4 is 26.6 Å². The number of ether oxygens (including phenoxy) is 4. The Morgan fingerprint density at radius 2 is 1.20 bits per heavy atom. The van der Waals surface area contributed by atoms with Crippen LogP contribution >= 0.6 is 0 Å². The summed E-state index contributed by atoms with van der Waals surface area (Å²) in [6, 6.07) is 6.43. The van der Waals surface area contributed by atoms with Crippen molar-refractivity contribution < 1.29 is 52.5 Å². The molecule has 1 aliphatic heterocycles. The summed E-state index contributed by atoms with van der Waals surface area (Å²) in [6.45, 7) is 21.0. The lowest BCUT2D eigenvalue weighted by Crippen LogP contribution is -2.55. The van der Waals surface area contributed by atoms with E-state index in [0.29, 0.717) is 31.6 Å². The highest BCUT2D eigenvalue weighted by atomic mass is 16.6. The van der Waals surface area contributed by atoms with E-state index in [1.54, 1.807) is 94.1 Å². The van der Waals surface area contributed by atoms with Gasteiger partial charge in [-0.05, 0) is 120 Å². The van der Waals surface area contributed by atoms with Gasteiger partial charge in [-0.1, -0.05) is 18.2 Å². The van der Waals surface area contributed by atoms with Gasteiger partial charge in [0.1, 0.15) is 34.5 Å². The Hall–Kier alpha value is -5.88. The van der Waals surface area contributed by atoms with Gasteiger partial charge in [0.15, 0.2) is 0 Å². The molecule has 2 atom stereocenters. The van der Waals surface area contributed by atoms with Crippen molar-refractivity contribution in [2.24, 2.45) is 5.92 Å². The molecule has 1 saturated heterocycles. The van der Waals surface area contributed by atoms with E-state index in [1.807, 2.05) is 24.3 Å². The minimum Gasteiger partial charge on any atom is -0.444 e. The lowest BCUT2D eigenvalue weighted by molar-refractivity contribution is -0.135. The van der Waals surface area contributed by atoms with E-state index >= 15 is 0 Å². The second-order valence-electron chi connectivity index (χ2n) is 19.8. The molecule has 7 amide bonds. The molecule has 1 fully saturated rings. The van der Waals surface area contributed by atoms with Crippen LogP contribution in [0, 0.1) is 5.92 Å². The first-order chi connectivity index (χ1) is 29.6. The zero-order valence-electron chi connectivity index (χ0n) is 39.6. The van der Waals surface area contributed by atoms with Gasteiger partial charge in [-0.3, -0.25) is 19.4 Å². The van der Waals surface area contributed by atoms with Gasteiger partial charge in [-0.2, -0.15) is 0 Å². The Morgan fingerprint density at radius 1 is 0.688 bits per heavy atom. The van der Waals surface area contributed by atoms with Gasteiger partial charge >= 0.3 is 24.4 Å². The fourth-order valence-corrected chi connectivity index (χ4v) is 6.42. The van der Waals surface area contributed by atoms with E-state index in [0.717, 1.165) is 10.9 Å². The zero-order chi connectivity index (χ0) is 48.0. The SMILES string of the molecule is CC(C)(C)OC(=O)NCCN(CCNC(=O)OC(C)(C)C)C(=O)C[C@H](NC(=O)OC(C)(C)C)C(=O)N[C@@H](CC1CCN(C(=O)OC(C)(C)C)CC1)C(=O)Nc1cnc2ccccc2c1. The second kappa shape index (κ2) is 22.7. The number of carbonyl (C=O) groups is 7. The second-order valence-corrected chi connectivity index (χ2v) is 19.8. The minimum absolute atomic E-state index is 0.0535. The van der Waals surface area contributed by atoms with Crippen LogP contribution in [0.4, 0.5) is 24.9 Å². The Kier molecular flexibility index (Phi) is 18.6. The molecule has 64 heavy (non-hydrogen) atoms. The van der Waals surface area contributed by atoms with Crippen LogP contribution in [0.15, 0.2) is 36.5 Å². The van der Waals surface area contributed by atoms with Crippen LogP contribution in [0.5, 0.6) is 0 Å². The van der Waals surface area contributed by atoms with Crippen molar-refractivity contribution in [2.45, 2.75) is 143 Å². The van der Waals surface area contributed by atoms with Gasteiger partial charge in [0, 0.05) is 44.7 Å². The Balaban J connectivity index is 1.89. The average molecular weight is 899 g/mol. The van der Waals surface area contributed by atoms with Crippen molar-refractivity contribution in [1.29, 1.82) is 0 Å². The Bertz CT molecular complexity index is 1910. The normalized spacial score (nSPS) is 14.6. The molecule has 0 unspecified atom stereocenters. The number of amides is 7. The maximum absolute atomic E-state index is 14.4. The first kappa shape index (κ1) is 52.5. The number of likely N-dealkylation sites (tertiary alicyclic amines) is 1. The Morgan fingerprint density at radius 3 is 1.73 bits per heavy atom. The lowest BCUT2D eigenvalue weighted by atomic mass is 9.89. The summed E-state index contributed by atoms with van der Waals surface area (Å²) in [6.07, 6.45) is -0.751. The van der Waals surface area contributed by atoms with E-state index in [4.69, 9.17) is 18.9 Å². The van der Waals surface area contributed by atoms with Crippen LogP contribution in [0.3, 0.4) is 0 Å². The topological polar surface area (TPSA) is 236 Å². The molecule has 0 saturated carbocycles. The van der Waals surface area contributed by atoms with E-state index < -0.39 is 83.0 Å². The number of hydrogen-bond acceptors (Lipinski definition) is 12. The monoisotopic (exact) mass is 899 g/mol. The maximum atomic E-state index is 14.4. The van der Waals surface area contributed by atoms with Crippen LogP contribution in [0.25, 0.3) is 10.9 Å². The summed E-state index contributed by atoms with van der Waals surface area (Å²) in [5.41, 5.74) is -2.08. The average Bonchev–Trinajstić information content (AvgIpc) is 3.14. The van der Waals surface area contributed by atoms with Gasteiger partial charge in [0.25, 0.3) is 0 Å². The summed E-state index contributed by atoms with van der Waals surface area (Å²) in [7, 11) is 0. The molecular weight excluding hydrogens is 829 g/mol. The lowest BCUT2D eigenvalue weighted by Gasteiger charge is -2.35. The third kappa shape index (κ3) is 20.1. The molecule has 2 aromatic rings. The van der Waals surface area contributed by atoms with Crippen molar-refractivity contribution in [3.05, 3.63) is 36.5 Å². The molecular formula is C45H70N8O11. The number of pyridine rings is 1. The molecule has 1 aliphatic rings. The number of piperidine rings is 1. The van der Waals surface area contributed by atoms with Crippen LogP contribution in [0.1, 0.15) is 109 Å². The van der Waals surface area contributed by atoms with Gasteiger partial charge in [0.05, 0.1) is 23.8 Å². The molecule has 2 heterocycles. The number of alkyl carbamates (subject to hydrolysis) is 3. The molecule has 0 bridgehead atoms. The summed E-state index contributed by atoms with van der Waals surface area (Å²) >= 11 is 0. The number of nitrogens with zero attached hydrogens (tertiary/aromatic N) is 3. The van der Waals surface area contributed by atoms with Crippen molar-refractivity contribution >= 4 is 58.7 Å². The predicted octanol–water partition coefficient (Wildman–Crippen LogP) is 5.86. The fraction of sp³-hybridized carbons (Fsp3) is 0.644. The number of para-hydroxylation sites is 1. The van der Waals surface area contributed by atoms with Crippen molar-refractivity contribution in [3.8, 4) is 0 Å². The summed E-state index contributed by atoms with van der Waals surface area (Å²) in [5.74, 6) is -2.16. The molecule has 1 aromatic heterocycles. The summed E-state index contributed by atoms with van der Waals surface area (Å²) < 4.78 is 21.7. The first-order valence-electron chi connectivity index (χ1n) is 21.7. The van der Waals surface area contributed by atoms with Gasteiger partial charge < -0.3 is 55.3 Å². The number of fused-ring (bicyclic) bond motifs is 1. The number of aromatic nitrogens is 1. The fourth-order valence-electron chi connectivity index (χ4n) is 6.42. The van der Waals surface area contributed by atoms with E-state index in [9.17, 15) is 33.6 Å². The van der Waals surface area contributed by atoms with E-state index in [1.165, 1.54) is 11.1 Å². The molecule has 3 rings (SSSR count). The number of anilines is 1. The van der Waals surface area contributed by atoms with Crippen LogP contribution in [0.2, 0.25) is 0 Å².